The second-order valence-corrected chi connectivity index (χ2v) is 9.54. The summed E-state index contributed by atoms with van der Waals surface area (Å²) in [6.45, 7) is 3.49. The van der Waals surface area contributed by atoms with Gasteiger partial charge >= 0.3 is 0 Å². The molecule has 0 radical (unpaired) electrons. The fourth-order valence-electron chi connectivity index (χ4n) is 4.02. The van der Waals surface area contributed by atoms with E-state index < -0.39 is 10.0 Å². The molecule has 2 fully saturated rings. The molecule has 4 rings (SSSR count). The lowest BCUT2D eigenvalue weighted by Crippen LogP contribution is -2.39. The van der Waals surface area contributed by atoms with E-state index in [4.69, 9.17) is 0 Å². The molecular weight excluding hydrogens is 376 g/mol. The number of hydrogen-bond donors (Lipinski definition) is 0. The highest BCUT2D eigenvalue weighted by Gasteiger charge is 2.28. The van der Waals surface area contributed by atoms with E-state index in [-0.39, 0.29) is 10.8 Å². The van der Waals surface area contributed by atoms with E-state index in [0.29, 0.717) is 24.6 Å². The maximum atomic E-state index is 12.8. The Kier molecular flexibility index (Phi) is 5.50. The second kappa shape index (κ2) is 8.05. The molecule has 7 nitrogen and oxygen atoms in total. The van der Waals surface area contributed by atoms with Crippen LogP contribution in [0.5, 0.6) is 0 Å². The Bertz CT molecular complexity index is 895. The van der Waals surface area contributed by atoms with Crippen molar-refractivity contribution in [3.05, 3.63) is 48.3 Å². The smallest absolute Gasteiger partial charge is 0.253 e. The van der Waals surface area contributed by atoms with E-state index in [1.54, 1.807) is 30.5 Å². The monoisotopic (exact) mass is 402 g/mol. The number of nitrogens with zero attached hydrogens (tertiary/aromatic N) is 4. The molecule has 2 aliphatic heterocycles. The zero-order chi connectivity index (χ0) is 19.6. The van der Waals surface area contributed by atoms with Gasteiger partial charge in [-0.25, -0.2) is 8.42 Å². The molecule has 3 heterocycles. The van der Waals surface area contributed by atoms with Crippen molar-refractivity contribution < 1.29 is 13.2 Å². The Morgan fingerprint density at radius 2 is 1.71 bits per heavy atom. The van der Waals surface area contributed by atoms with Gasteiger partial charge in [-0.3, -0.25) is 9.48 Å². The number of aromatic nitrogens is 2. The van der Waals surface area contributed by atoms with Crippen LogP contribution in [0.15, 0.2) is 47.6 Å². The number of likely N-dealkylation sites (tertiary alicyclic amines) is 1. The van der Waals surface area contributed by atoms with Crippen LogP contribution < -0.4 is 0 Å². The molecule has 8 heteroatoms. The van der Waals surface area contributed by atoms with Gasteiger partial charge in [0.1, 0.15) is 0 Å². The number of sulfonamides is 1. The average molecular weight is 403 g/mol. The minimum Gasteiger partial charge on any atom is -0.339 e. The molecule has 0 spiro atoms. The van der Waals surface area contributed by atoms with Crippen LogP contribution in [0.1, 0.15) is 36.0 Å². The van der Waals surface area contributed by atoms with E-state index in [1.807, 2.05) is 21.8 Å². The van der Waals surface area contributed by atoms with Crippen LogP contribution in [-0.2, 0) is 16.6 Å². The highest BCUT2D eigenvalue weighted by Crippen LogP contribution is 2.23. The zero-order valence-corrected chi connectivity index (χ0v) is 16.7. The van der Waals surface area contributed by atoms with Gasteiger partial charge in [-0.15, -0.1) is 0 Å². The van der Waals surface area contributed by atoms with Crippen LogP contribution in [0.2, 0.25) is 0 Å². The second-order valence-electron chi connectivity index (χ2n) is 7.60. The van der Waals surface area contributed by atoms with Crippen molar-refractivity contribution in [3.8, 4) is 0 Å². The molecule has 1 amide bonds. The Morgan fingerprint density at radius 1 is 1.04 bits per heavy atom. The fraction of sp³-hybridized carbons (Fsp3) is 0.500. The van der Waals surface area contributed by atoms with Crippen LogP contribution in [0.25, 0.3) is 0 Å². The summed E-state index contributed by atoms with van der Waals surface area (Å²) in [6, 6.07) is 8.32. The molecule has 0 unspecified atom stereocenters. The number of carbonyl (C=O) groups is 1. The van der Waals surface area contributed by atoms with Crippen molar-refractivity contribution in [2.75, 3.05) is 26.2 Å². The van der Waals surface area contributed by atoms with E-state index >= 15 is 0 Å². The first kappa shape index (κ1) is 19.1. The molecule has 2 saturated heterocycles. The maximum absolute atomic E-state index is 12.8. The average Bonchev–Trinajstić information content (AvgIpc) is 3.43. The fourth-order valence-corrected chi connectivity index (χ4v) is 5.54. The molecule has 1 aromatic carbocycles. The molecule has 0 bridgehead atoms. The topological polar surface area (TPSA) is 75.5 Å². The minimum absolute atomic E-state index is 0.0253. The van der Waals surface area contributed by atoms with Crippen LogP contribution in [0.3, 0.4) is 0 Å². The Morgan fingerprint density at radius 3 is 2.32 bits per heavy atom. The summed E-state index contributed by atoms with van der Waals surface area (Å²) in [5, 5.41) is 4.25. The summed E-state index contributed by atoms with van der Waals surface area (Å²) in [6.07, 6.45) is 7.47. The lowest BCUT2D eigenvalue weighted by Gasteiger charge is -2.32. The number of hydrogen-bond acceptors (Lipinski definition) is 4. The number of carbonyl (C=O) groups excluding carboxylic acids is 1. The summed E-state index contributed by atoms with van der Waals surface area (Å²) >= 11 is 0. The van der Waals surface area contributed by atoms with Crippen molar-refractivity contribution in [1.29, 1.82) is 0 Å². The third-order valence-corrected chi connectivity index (χ3v) is 7.62. The van der Waals surface area contributed by atoms with Crippen molar-refractivity contribution in [2.24, 2.45) is 5.92 Å². The predicted molar refractivity (Wildman–Crippen MR) is 105 cm³/mol. The van der Waals surface area contributed by atoms with Crippen molar-refractivity contribution in [1.82, 2.24) is 19.0 Å². The normalized spacial score (nSPS) is 19.2. The highest BCUT2D eigenvalue weighted by atomic mass is 32.2. The zero-order valence-electron chi connectivity index (χ0n) is 15.9. The summed E-state index contributed by atoms with van der Waals surface area (Å²) in [4.78, 5) is 14.9. The molecule has 1 aromatic heterocycles. The van der Waals surface area contributed by atoms with Gasteiger partial charge in [-0.05, 0) is 61.9 Å². The van der Waals surface area contributed by atoms with Gasteiger partial charge in [0, 0.05) is 50.7 Å². The number of piperidine rings is 1. The third kappa shape index (κ3) is 3.98. The van der Waals surface area contributed by atoms with Crippen LogP contribution >= 0.6 is 0 Å². The Balaban J connectivity index is 1.36. The molecule has 0 N–H and O–H groups in total. The summed E-state index contributed by atoms with van der Waals surface area (Å²) < 4.78 is 28.7. The SMILES string of the molecule is O=C(c1ccc(S(=O)(=O)N2CCCC2)cc1)N1CCC(Cn2cccn2)CC1. The van der Waals surface area contributed by atoms with Crippen molar-refractivity contribution in [3.63, 3.8) is 0 Å². The van der Waals surface area contributed by atoms with Gasteiger partial charge in [-0.2, -0.15) is 9.40 Å². The Hall–Kier alpha value is -2.19. The molecule has 0 saturated carbocycles. The molecule has 28 heavy (non-hydrogen) atoms. The van der Waals surface area contributed by atoms with Crippen molar-refractivity contribution >= 4 is 15.9 Å². The van der Waals surface area contributed by atoms with Gasteiger partial charge < -0.3 is 4.90 Å². The van der Waals surface area contributed by atoms with Crippen LogP contribution in [0.4, 0.5) is 0 Å². The van der Waals surface area contributed by atoms with E-state index in [2.05, 4.69) is 5.10 Å². The van der Waals surface area contributed by atoms with Gasteiger partial charge in [0.15, 0.2) is 0 Å². The summed E-state index contributed by atoms with van der Waals surface area (Å²) in [7, 11) is -3.44. The summed E-state index contributed by atoms with van der Waals surface area (Å²) in [5.74, 6) is 0.500. The first-order valence-electron chi connectivity index (χ1n) is 9.91. The molecule has 0 atom stereocenters. The van der Waals surface area contributed by atoms with Crippen LogP contribution in [0, 0.1) is 5.92 Å². The largest absolute Gasteiger partial charge is 0.339 e. The summed E-state index contributed by atoms with van der Waals surface area (Å²) in [5.41, 5.74) is 0.547. The number of benzene rings is 1. The van der Waals surface area contributed by atoms with E-state index in [9.17, 15) is 13.2 Å². The van der Waals surface area contributed by atoms with Crippen LogP contribution in [-0.4, -0.2) is 59.5 Å². The van der Waals surface area contributed by atoms with Gasteiger partial charge in [0.05, 0.1) is 4.90 Å². The number of amides is 1. The van der Waals surface area contributed by atoms with E-state index in [1.165, 1.54) is 4.31 Å². The predicted octanol–water partition coefficient (Wildman–Crippen LogP) is 2.22. The third-order valence-electron chi connectivity index (χ3n) is 5.71. The minimum atomic E-state index is -3.44. The lowest BCUT2D eigenvalue weighted by atomic mass is 9.96. The maximum Gasteiger partial charge on any atom is 0.253 e. The molecule has 150 valence electrons. The first-order chi connectivity index (χ1) is 13.5. The Labute approximate surface area is 166 Å². The quantitative estimate of drug-likeness (QED) is 0.769. The molecule has 2 aromatic rings. The van der Waals surface area contributed by atoms with Gasteiger partial charge in [0.25, 0.3) is 5.91 Å². The molecular formula is C20H26N4O3S. The highest BCUT2D eigenvalue weighted by molar-refractivity contribution is 7.89. The van der Waals surface area contributed by atoms with Crippen molar-refractivity contribution in [2.45, 2.75) is 37.1 Å². The molecule has 2 aliphatic rings. The van der Waals surface area contributed by atoms with Gasteiger partial charge in [-0.1, -0.05) is 0 Å². The lowest BCUT2D eigenvalue weighted by molar-refractivity contribution is 0.0681. The standard InChI is InChI=1S/C20H26N4O3S/c25-20(22-14-8-17(9-15-22)16-23-11-3-10-21-23)18-4-6-19(7-5-18)28(26,27)24-12-1-2-13-24/h3-7,10-11,17H,1-2,8-9,12-16H2. The van der Waals surface area contributed by atoms with Gasteiger partial charge in [0.2, 0.25) is 10.0 Å². The molecule has 0 aliphatic carbocycles. The van der Waals surface area contributed by atoms with E-state index in [0.717, 1.165) is 45.3 Å². The first-order valence-corrected chi connectivity index (χ1v) is 11.3. The number of rotatable bonds is 5.